The standard InChI is InChI=1S/C15H20N2/c1-11(17-13-8-9-13)6-7-12-10-16-15-5-3-2-4-14(12)15/h2-5,10-11,13,16-17H,6-9H2,1H3/t11-/m1/s1. The normalized spacial score (nSPS) is 17.5. The Kier molecular flexibility index (Phi) is 2.89. The van der Waals surface area contributed by atoms with Crippen LogP contribution in [-0.2, 0) is 6.42 Å². The fraction of sp³-hybridized carbons (Fsp3) is 0.467. The van der Waals surface area contributed by atoms with Crippen LogP contribution < -0.4 is 5.32 Å². The van der Waals surface area contributed by atoms with Crippen LogP contribution in [0.25, 0.3) is 10.9 Å². The summed E-state index contributed by atoms with van der Waals surface area (Å²) in [6.07, 6.45) is 7.28. The number of fused-ring (bicyclic) bond motifs is 1. The van der Waals surface area contributed by atoms with Crippen LogP contribution in [0, 0.1) is 0 Å². The van der Waals surface area contributed by atoms with Gasteiger partial charge in [0.05, 0.1) is 0 Å². The molecule has 2 heteroatoms. The summed E-state index contributed by atoms with van der Waals surface area (Å²) >= 11 is 0. The molecule has 0 saturated heterocycles. The van der Waals surface area contributed by atoms with E-state index < -0.39 is 0 Å². The number of aromatic nitrogens is 1. The van der Waals surface area contributed by atoms with E-state index in [-0.39, 0.29) is 0 Å². The van der Waals surface area contributed by atoms with Crippen molar-refractivity contribution in [3.8, 4) is 0 Å². The maximum atomic E-state index is 3.65. The van der Waals surface area contributed by atoms with Gasteiger partial charge in [-0.05, 0) is 44.2 Å². The lowest BCUT2D eigenvalue weighted by atomic mass is 10.1. The second kappa shape index (κ2) is 4.53. The minimum atomic E-state index is 0.635. The molecule has 0 bridgehead atoms. The van der Waals surface area contributed by atoms with Crippen molar-refractivity contribution in [1.82, 2.24) is 10.3 Å². The predicted octanol–water partition coefficient (Wildman–Crippen LogP) is 3.24. The Morgan fingerprint density at radius 2 is 2.18 bits per heavy atom. The van der Waals surface area contributed by atoms with Gasteiger partial charge in [0.2, 0.25) is 0 Å². The molecular formula is C15H20N2. The molecule has 1 heterocycles. The maximum Gasteiger partial charge on any atom is 0.0456 e. The maximum absolute atomic E-state index is 3.65. The molecular weight excluding hydrogens is 208 g/mol. The van der Waals surface area contributed by atoms with E-state index in [1.807, 2.05) is 0 Å². The van der Waals surface area contributed by atoms with Crippen LogP contribution in [0.2, 0.25) is 0 Å². The average Bonchev–Trinajstić information content (AvgIpc) is 3.06. The lowest BCUT2D eigenvalue weighted by Gasteiger charge is -2.12. The van der Waals surface area contributed by atoms with E-state index in [9.17, 15) is 0 Å². The van der Waals surface area contributed by atoms with Crippen molar-refractivity contribution in [1.29, 1.82) is 0 Å². The molecule has 1 aliphatic carbocycles. The smallest absolute Gasteiger partial charge is 0.0456 e. The lowest BCUT2D eigenvalue weighted by Crippen LogP contribution is -2.28. The number of nitrogens with one attached hydrogen (secondary N) is 2. The van der Waals surface area contributed by atoms with E-state index in [0.29, 0.717) is 6.04 Å². The van der Waals surface area contributed by atoms with Crippen molar-refractivity contribution in [2.45, 2.75) is 44.7 Å². The summed E-state index contributed by atoms with van der Waals surface area (Å²) < 4.78 is 0. The van der Waals surface area contributed by atoms with Gasteiger partial charge in [0.25, 0.3) is 0 Å². The van der Waals surface area contributed by atoms with Crippen molar-refractivity contribution >= 4 is 10.9 Å². The van der Waals surface area contributed by atoms with E-state index in [0.717, 1.165) is 12.5 Å². The fourth-order valence-corrected chi connectivity index (χ4v) is 2.45. The van der Waals surface area contributed by atoms with Crippen LogP contribution in [0.1, 0.15) is 31.7 Å². The lowest BCUT2D eigenvalue weighted by molar-refractivity contribution is 0.512. The SMILES string of the molecule is C[C@H](CCc1c[nH]c2ccccc12)NC1CC1. The molecule has 0 aliphatic heterocycles. The Bertz CT molecular complexity index is 496. The van der Waals surface area contributed by atoms with Crippen molar-refractivity contribution in [3.63, 3.8) is 0 Å². The van der Waals surface area contributed by atoms with Crippen LogP contribution in [0.5, 0.6) is 0 Å². The van der Waals surface area contributed by atoms with Crippen molar-refractivity contribution in [2.75, 3.05) is 0 Å². The largest absolute Gasteiger partial charge is 0.361 e. The Labute approximate surface area is 102 Å². The van der Waals surface area contributed by atoms with E-state index in [1.54, 1.807) is 0 Å². The molecule has 3 rings (SSSR count). The number of hydrogen-bond donors (Lipinski definition) is 2. The number of aryl methyl sites for hydroxylation is 1. The number of hydrogen-bond acceptors (Lipinski definition) is 1. The summed E-state index contributed by atoms with van der Waals surface area (Å²) in [6, 6.07) is 10.0. The molecule has 1 fully saturated rings. The Balaban J connectivity index is 1.63. The third-order valence-corrected chi connectivity index (χ3v) is 3.62. The minimum Gasteiger partial charge on any atom is -0.361 e. The second-order valence-corrected chi connectivity index (χ2v) is 5.24. The number of H-pyrrole nitrogens is 1. The number of aromatic amines is 1. The summed E-state index contributed by atoms with van der Waals surface area (Å²) in [4.78, 5) is 3.34. The van der Waals surface area contributed by atoms with Gasteiger partial charge in [0, 0.05) is 29.2 Å². The summed E-state index contributed by atoms with van der Waals surface area (Å²) in [6.45, 7) is 2.30. The van der Waals surface area contributed by atoms with Crippen molar-refractivity contribution < 1.29 is 0 Å². The van der Waals surface area contributed by atoms with Gasteiger partial charge >= 0.3 is 0 Å². The zero-order valence-corrected chi connectivity index (χ0v) is 10.4. The highest BCUT2D eigenvalue weighted by molar-refractivity contribution is 5.82. The molecule has 0 unspecified atom stereocenters. The quantitative estimate of drug-likeness (QED) is 0.808. The van der Waals surface area contributed by atoms with E-state index in [4.69, 9.17) is 0 Å². The molecule has 17 heavy (non-hydrogen) atoms. The Morgan fingerprint density at radius 3 is 3.00 bits per heavy atom. The summed E-state index contributed by atoms with van der Waals surface area (Å²) in [5, 5.41) is 5.03. The van der Waals surface area contributed by atoms with Gasteiger partial charge < -0.3 is 10.3 Å². The van der Waals surface area contributed by atoms with Crippen LogP contribution >= 0.6 is 0 Å². The van der Waals surface area contributed by atoms with Gasteiger partial charge in [-0.1, -0.05) is 18.2 Å². The molecule has 1 aromatic heterocycles. The highest BCUT2D eigenvalue weighted by atomic mass is 15.0. The third-order valence-electron chi connectivity index (χ3n) is 3.62. The van der Waals surface area contributed by atoms with Crippen LogP contribution in [-0.4, -0.2) is 17.1 Å². The minimum absolute atomic E-state index is 0.635. The van der Waals surface area contributed by atoms with E-state index >= 15 is 0 Å². The topological polar surface area (TPSA) is 27.8 Å². The first-order valence-electron chi connectivity index (χ1n) is 6.64. The highest BCUT2D eigenvalue weighted by Gasteiger charge is 2.22. The van der Waals surface area contributed by atoms with Gasteiger partial charge in [-0.25, -0.2) is 0 Å². The van der Waals surface area contributed by atoms with Crippen LogP contribution in [0.3, 0.4) is 0 Å². The molecule has 0 amide bonds. The first-order chi connectivity index (χ1) is 8.33. The summed E-state index contributed by atoms with van der Waals surface area (Å²) in [5.74, 6) is 0. The van der Waals surface area contributed by atoms with Gasteiger partial charge in [-0.3, -0.25) is 0 Å². The van der Waals surface area contributed by atoms with Crippen LogP contribution in [0.15, 0.2) is 30.5 Å². The fourth-order valence-electron chi connectivity index (χ4n) is 2.45. The Hall–Kier alpha value is -1.28. The Morgan fingerprint density at radius 1 is 1.35 bits per heavy atom. The van der Waals surface area contributed by atoms with Crippen molar-refractivity contribution in [2.24, 2.45) is 0 Å². The summed E-state index contributed by atoms with van der Waals surface area (Å²) in [7, 11) is 0. The van der Waals surface area contributed by atoms with E-state index in [2.05, 4.69) is 47.7 Å². The molecule has 2 nitrogen and oxygen atoms in total. The van der Waals surface area contributed by atoms with Gasteiger partial charge in [-0.2, -0.15) is 0 Å². The van der Waals surface area contributed by atoms with Crippen molar-refractivity contribution in [3.05, 3.63) is 36.0 Å². The average molecular weight is 228 g/mol. The first-order valence-corrected chi connectivity index (χ1v) is 6.64. The number of rotatable bonds is 5. The molecule has 90 valence electrons. The molecule has 2 N–H and O–H groups in total. The zero-order chi connectivity index (χ0) is 11.7. The third kappa shape index (κ3) is 2.52. The predicted molar refractivity (Wildman–Crippen MR) is 72.2 cm³/mol. The van der Waals surface area contributed by atoms with Crippen LogP contribution in [0.4, 0.5) is 0 Å². The number of benzene rings is 1. The molecule has 1 aromatic carbocycles. The molecule has 1 aliphatic rings. The van der Waals surface area contributed by atoms with Gasteiger partial charge in [0.1, 0.15) is 0 Å². The van der Waals surface area contributed by atoms with Gasteiger partial charge in [0.15, 0.2) is 0 Å². The monoisotopic (exact) mass is 228 g/mol. The second-order valence-electron chi connectivity index (χ2n) is 5.24. The molecule has 2 aromatic rings. The number of para-hydroxylation sites is 1. The summed E-state index contributed by atoms with van der Waals surface area (Å²) in [5.41, 5.74) is 2.70. The van der Waals surface area contributed by atoms with Gasteiger partial charge in [-0.15, -0.1) is 0 Å². The molecule has 1 atom stereocenters. The highest BCUT2D eigenvalue weighted by Crippen LogP contribution is 2.22. The zero-order valence-electron chi connectivity index (χ0n) is 10.4. The first kappa shape index (κ1) is 10.8. The molecule has 1 saturated carbocycles. The van der Waals surface area contributed by atoms with E-state index in [1.165, 1.54) is 35.7 Å². The molecule has 0 radical (unpaired) electrons. The molecule has 0 spiro atoms.